The number of rotatable bonds is 8. The van der Waals surface area contributed by atoms with E-state index >= 15 is 0 Å². The number of Topliss-reactive ketones (excluding diaryl/α,β-unsaturated/α-hetero) is 1. The van der Waals surface area contributed by atoms with Crippen LogP contribution in [0.1, 0.15) is 36.6 Å². The maximum absolute atomic E-state index is 13.5. The number of amides is 1. The first-order valence-corrected chi connectivity index (χ1v) is 12.8. The Hall–Kier alpha value is -4.86. The van der Waals surface area contributed by atoms with E-state index in [0.29, 0.717) is 51.9 Å². The number of nitrogens with zero attached hydrogens (tertiary/aromatic N) is 3. The summed E-state index contributed by atoms with van der Waals surface area (Å²) >= 11 is 0. The lowest BCUT2D eigenvalue weighted by molar-refractivity contribution is -0.132. The molecule has 10 nitrogen and oxygen atoms in total. The number of carbonyl (C=O) groups excluding carboxylic acids is 2. The fraction of sp³-hybridized carbons (Fsp3) is 0.267. The van der Waals surface area contributed by atoms with Gasteiger partial charge in [-0.3, -0.25) is 19.5 Å². The summed E-state index contributed by atoms with van der Waals surface area (Å²) in [6, 6.07) is 11.0. The molecule has 10 heteroatoms. The number of aryl methyl sites for hydroxylation is 1. The number of aromatic nitrogens is 3. The predicted octanol–water partition coefficient (Wildman–Crippen LogP) is 4.94. The highest BCUT2D eigenvalue weighted by atomic mass is 16.5. The third-order valence-corrected chi connectivity index (χ3v) is 6.67. The molecule has 2 aromatic carbocycles. The van der Waals surface area contributed by atoms with Gasteiger partial charge in [-0.2, -0.15) is 0 Å². The number of carbonyl (C=O) groups is 2. The first-order valence-electron chi connectivity index (χ1n) is 12.8. The number of ketones is 1. The van der Waals surface area contributed by atoms with Gasteiger partial charge in [-0.15, -0.1) is 0 Å². The van der Waals surface area contributed by atoms with Crippen molar-refractivity contribution in [1.29, 1.82) is 0 Å². The van der Waals surface area contributed by atoms with Crippen molar-refractivity contribution in [3.05, 3.63) is 77.1 Å². The van der Waals surface area contributed by atoms with Crippen LogP contribution in [0.5, 0.6) is 17.2 Å². The van der Waals surface area contributed by atoms with Crippen LogP contribution in [-0.4, -0.2) is 52.6 Å². The van der Waals surface area contributed by atoms with Crippen molar-refractivity contribution in [3.8, 4) is 17.2 Å². The third-order valence-electron chi connectivity index (χ3n) is 6.67. The molecule has 1 unspecified atom stereocenters. The first-order chi connectivity index (χ1) is 19.2. The Labute approximate surface area is 231 Å². The number of aromatic amines is 1. The average molecular weight is 543 g/mol. The van der Waals surface area contributed by atoms with E-state index in [0.717, 1.165) is 5.56 Å². The Morgan fingerprint density at radius 1 is 1.07 bits per heavy atom. The molecule has 0 bridgehead atoms. The smallest absolute Gasteiger partial charge is 0.302 e. The van der Waals surface area contributed by atoms with Crippen LogP contribution in [0.3, 0.4) is 0 Å². The lowest BCUT2D eigenvalue weighted by Gasteiger charge is -2.22. The molecule has 5 rings (SSSR count). The van der Waals surface area contributed by atoms with E-state index in [1.165, 1.54) is 19.1 Å². The molecular weight excluding hydrogens is 512 g/mol. The molecule has 1 saturated heterocycles. The van der Waals surface area contributed by atoms with Crippen molar-refractivity contribution in [3.63, 3.8) is 0 Å². The molecule has 1 amide bonds. The van der Waals surface area contributed by atoms with Gasteiger partial charge in [0.05, 0.1) is 43.5 Å². The second kappa shape index (κ2) is 10.7. The van der Waals surface area contributed by atoms with Crippen molar-refractivity contribution in [2.75, 3.05) is 25.7 Å². The van der Waals surface area contributed by atoms with Crippen LogP contribution in [0.2, 0.25) is 0 Å². The molecule has 2 N–H and O–H groups in total. The fourth-order valence-corrected chi connectivity index (χ4v) is 4.71. The zero-order valence-electron chi connectivity index (χ0n) is 22.9. The fourth-order valence-electron chi connectivity index (χ4n) is 4.71. The summed E-state index contributed by atoms with van der Waals surface area (Å²) in [5, 5.41) is 11.5. The van der Waals surface area contributed by atoms with Crippen LogP contribution in [0, 0.1) is 12.8 Å². The number of fused-ring (bicyclic) bond motifs is 1. The van der Waals surface area contributed by atoms with Crippen molar-refractivity contribution in [2.45, 2.75) is 26.8 Å². The molecule has 0 saturated carbocycles. The number of H-pyrrole nitrogens is 1. The van der Waals surface area contributed by atoms with Gasteiger partial charge in [-0.05, 0) is 48.2 Å². The molecule has 0 aliphatic carbocycles. The summed E-state index contributed by atoms with van der Waals surface area (Å²) in [7, 11) is 3.04. The number of aliphatic hydroxyl groups excluding tert-OH is 1. The summed E-state index contributed by atoms with van der Waals surface area (Å²) in [5.74, 6) is 0.150. The number of benzene rings is 2. The van der Waals surface area contributed by atoms with Crippen LogP contribution < -0.4 is 19.1 Å². The van der Waals surface area contributed by atoms with Crippen molar-refractivity contribution in [2.24, 2.45) is 5.92 Å². The highest BCUT2D eigenvalue weighted by molar-refractivity contribution is 6.51. The van der Waals surface area contributed by atoms with Gasteiger partial charge in [-0.25, -0.2) is 4.98 Å². The Bertz CT molecular complexity index is 1590. The van der Waals surface area contributed by atoms with E-state index in [1.807, 2.05) is 6.92 Å². The Kier molecular flexibility index (Phi) is 7.17. The van der Waals surface area contributed by atoms with E-state index in [-0.39, 0.29) is 17.3 Å². The number of hydrogen-bond donors (Lipinski definition) is 2. The van der Waals surface area contributed by atoms with Crippen LogP contribution in [0.4, 0.5) is 5.95 Å². The molecule has 1 aliphatic rings. The van der Waals surface area contributed by atoms with Crippen molar-refractivity contribution in [1.82, 2.24) is 15.0 Å². The van der Waals surface area contributed by atoms with Crippen LogP contribution >= 0.6 is 0 Å². The second-order valence-electron chi connectivity index (χ2n) is 9.93. The predicted molar refractivity (Wildman–Crippen MR) is 150 cm³/mol. The van der Waals surface area contributed by atoms with E-state index in [1.54, 1.807) is 54.9 Å². The Balaban J connectivity index is 1.64. The zero-order chi connectivity index (χ0) is 28.6. The van der Waals surface area contributed by atoms with Gasteiger partial charge in [0.2, 0.25) is 5.95 Å². The van der Waals surface area contributed by atoms with Gasteiger partial charge in [0.1, 0.15) is 11.5 Å². The van der Waals surface area contributed by atoms with Crippen LogP contribution in [-0.2, 0) is 9.59 Å². The van der Waals surface area contributed by atoms with Crippen molar-refractivity contribution >= 4 is 34.4 Å². The van der Waals surface area contributed by atoms with E-state index in [9.17, 15) is 14.7 Å². The Morgan fingerprint density at radius 2 is 1.82 bits per heavy atom. The number of imidazole rings is 1. The molecular formula is C30H30N4O6. The second-order valence-corrected chi connectivity index (χ2v) is 9.93. The highest BCUT2D eigenvalue weighted by Gasteiger charge is 2.48. The Morgan fingerprint density at radius 3 is 2.48 bits per heavy atom. The van der Waals surface area contributed by atoms with Crippen LogP contribution in [0.15, 0.2) is 60.4 Å². The van der Waals surface area contributed by atoms with E-state index < -0.39 is 17.7 Å². The van der Waals surface area contributed by atoms with Gasteiger partial charge in [0.25, 0.3) is 5.78 Å². The summed E-state index contributed by atoms with van der Waals surface area (Å²) in [5.41, 5.74) is 2.73. The topological polar surface area (TPSA) is 127 Å². The quantitative estimate of drug-likeness (QED) is 0.182. The van der Waals surface area contributed by atoms with E-state index in [4.69, 9.17) is 14.2 Å². The summed E-state index contributed by atoms with van der Waals surface area (Å²) in [6.07, 6.45) is 3.15. The standard InChI is InChI=1S/C30H30N4O6/c1-16(2)15-40-22-9-8-18(11-17(22)3)27(35)25-26(19-7-6-10-31-14-19)34(29(37)28(25)36)30-32-20-12-23(38-4)24(39-5)13-21(20)33-30/h6-14,16,26,35H,15H2,1-5H3,(H,32,33)/b27-25+. The molecule has 206 valence electrons. The largest absolute Gasteiger partial charge is 0.507 e. The number of hydrogen-bond acceptors (Lipinski definition) is 8. The number of methoxy groups -OCH3 is 2. The van der Waals surface area contributed by atoms with Gasteiger partial charge < -0.3 is 24.3 Å². The minimum absolute atomic E-state index is 0.0659. The maximum Gasteiger partial charge on any atom is 0.302 e. The van der Waals surface area contributed by atoms with Gasteiger partial charge >= 0.3 is 5.91 Å². The van der Waals surface area contributed by atoms with Crippen LogP contribution in [0.25, 0.3) is 16.8 Å². The number of anilines is 1. The monoisotopic (exact) mass is 542 g/mol. The number of aliphatic hydroxyl groups is 1. The molecule has 1 fully saturated rings. The number of ether oxygens (including phenoxy) is 3. The zero-order valence-corrected chi connectivity index (χ0v) is 22.9. The number of pyridine rings is 1. The molecule has 40 heavy (non-hydrogen) atoms. The lowest BCUT2D eigenvalue weighted by Crippen LogP contribution is -2.30. The molecule has 1 atom stereocenters. The SMILES string of the molecule is COc1cc2nc(N3C(=O)C(=O)/C(=C(/O)c4ccc(OCC(C)C)c(C)c4)C3c3cccnc3)[nH]c2cc1OC. The molecule has 0 spiro atoms. The minimum Gasteiger partial charge on any atom is -0.507 e. The van der Waals surface area contributed by atoms with Gasteiger partial charge in [0, 0.05) is 30.1 Å². The first kappa shape index (κ1) is 26.7. The lowest BCUT2D eigenvalue weighted by atomic mass is 9.96. The highest BCUT2D eigenvalue weighted by Crippen LogP contribution is 2.42. The molecule has 0 radical (unpaired) electrons. The minimum atomic E-state index is -0.977. The number of nitrogens with one attached hydrogen (secondary N) is 1. The van der Waals surface area contributed by atoms with Gasteiger partial charge in [0.15, 0.2) is 11.5 Å². The summed E-state index contributed by atoms with van der Waals surface area (Å²) in [6.45, 7) is 6.53. The summed E-state index contributed by atoms with van der Waals surface area (Å²) in [4.78, 5) is 40.1. The molecule has 4 aromatic rings. The van der Waals surface area contributed by atoms with Crippen molar-refractivity contribution < 1.29 is 28.9 Å². The summed E-state index contributed by atoms with van der Waals surface area (Å²) < 4.78 is 16.6. The maximum atomic E-state index is 13.5. The van der Waals surface area contributed by atoms with E-state index in [2.05, 4.69) is 28.8 Å². The third kappa shape index (κ3) is 4.72. The normalized spacial score (nSPS) is 16.6. The molecule has 1 aliphatic heterocycles. The average Bonchev–Trinajstić information content (AvgIpc) is 3.48. The molecule has 2 aromatic heterocycles. The van der Waals surface area contributed by atoms with Gasteiger partial charge in [-0.1, -0.05) is 19.9 Å². The molecule has 3 heterocycles.